The first kappa shape index (κ1) is 24.9. The quantitative estimate of drug-likeness (QED) is 0.555. The van der Waals surface area contributed by atoms with Crippen molar-refractivity contribution in [1.82, 2.24) is 24.3 Å². The van der Waals surface area contributed by atoms with Crippen molar-refractivity contribution in [2.24, 2.45) is 0 Å². The zero-order chi connectivity index (χ0) is 24.0. The molecular weight excluding hydrogens is 442 g/mol. The van der Waals surface area contributed by atoms with Crippen molar-refractivity contribution in [3.8, 4) is 0 Å². The first-order valence-electron chi connectivity index (χ1n) is 11.3. The largest absolute Gasteiger partial charge is 0.356 e. The summed E-state index contributed by atoms with van der Waals surface area (Å²) in [4.78, 5) is 26.5. The highest BCUT2D eigenvalue weighted by molar-refractivity contribution is 7.89. The summed E-state index contributed by atoms with van der Waals surface area (Å²) in [6.45, 7) is 8.04. The smallest absolute Gasteiger partial charge is 0.243 e. The highest BCUT2D eigenvalue weighted by atomic mass is 32.2. The van der Waals surface area contributed by atoms with Gasteiger partial charge < -0.3 is 10.2 Å². The molecule has 1 saturated heterocycles. The number of hydrogen-bond acceptors (Lipinski definition) is 5. The topological polar surface area (TPSA) is 105 Å². The van der Waals surface area contributed by atoms with Crippen LogP contribution in [0.4, 0.5) is 0 Å². The van der Waals surface area contributed by atoms with Crippen LogP contribution in [-0.2, 0) is 26.2 Å². The Bertz CT molecular complexity index is 1090. The molecular formula is C23H33N5O4S. The fourth-order valence-corrected chi connectivity index (χ4v) is 5.56. The molecule has 1 aromatic heterocycles. The van der Waals surface area contributed by atoms with E-state index in [1.807, 2.05) is 36.9 Å². The highest BCUT2D eigenvalue weighted by Crippen LogP contribution is 2.22. The summed E-state index contributed by atoms with van der Waals surface area (Å²) in [6.07, 6.45) is 4.75. The molecule has 9 nitrogen and oxygen atoms in total. The van der Waals surface area contributed by atoms with Crippen LogP contribution in [0.15, 0.2) is 35.5 Å². The van der Waals surface area contributed by atoms with Crippen LogP contribution in [0.25, 0.3) is 0 Å². The number of nitrogens with zero attached hydrogens (tertiary/aromatic N) is 4. The zero-order valence-electron chi connectivity index (χ0n) is 19.6. The molecule has 0 radical (unpaired) electrons. The zero-order valence-corrected chi connectivity index (χ0v) is 20.4. The number of nitrogens with one attached hydrogen (secondary N) is 1. The molecule has 3 rings (SSSR count). The summed E-state index contributed by atoms with van der Waals surface area (Å²) in [6, 6.07) is 5.39. The number of aromatic nitrogens is 2. The molecule has 10 heteroatoms. The molecule has 1 aromatic carbocycles. The molecule has 1 aliphatic rings. The molecule has 2 aromatic rings. The number of aryl methyl sites for hydroxylation is 4. The fourth-order valence-electron chi connectivity index (χ4n) is 3.83. The normalized spacial score (nSPS) is 14.9. The van der Waals surface area contributed by atoms with Crippen molar-refractivity contribution in [2.75, 3.05) is 32.7 Å². The summed E-state index contributed by atoms with van der Waals surface area (Å²) in [5.74, 6) is -0.280. The SMILES string of the molecule is Cc1ccc(C)c(S(=O)(=O)N2CCN(C(=O)CCC(=O)NCCCn3cc(C)cn3)CC2)c1. The predicted octanol–water partition coefficient (Wildman–Crippen LogP) is 1.63. The number of carbonyl (C=O) groups excluding carboxylic acids is 2. The summed E-state index contributed by atoms with van der Waals surface area (Å²) in [7, 11) is -3.60. The third kappa shape index (κ3) is 6.64. The van der Waals surface area contributed by atoms with Gasteiger partial charge in [-0.3, -0.25) is 14.3 Å². The van der Waals surface area contributed by atoms with Crippen molar-refractivity contribution >= 4 is 21.8 Å². The number of piperazine rings is 1. The highest BCUT2D eigenvalue weighted by Gasteiger charge is 2.31. The van der Waals surface area contributed by atoms with Crippen LogP contribution >= 0.6 is 0 Å². The standard InChI is InChI=1S/C23H33N5O4S/c1-18-5-6-20(3)21(15-18)33(31,32)28-13-11-26(12-14-28)23(30)8-7-22(29)24-9-4-10-27-17-19(2)16-25-27/h5-6,15-17H,4,7-14H2,1-3H3,(H,24,29). The van der Waals surface area contributed by atoms with Crippen LogP contribution in [0.1, 0.15) is 36.0 Å². The second-order valence-corrected chi connectivity index (χ2v) is 10.4. The maximum absolute atomic E-state index is 13.0. The predicted molar refractivity (Wildman–Crippen MR) is 125 cm³/mol. The maximum atomic E-state index is 13.0. The molecule has 2 amide bonds. The Balaban J connectivity index is 1.39. The number of amides is 2. The van der Waals surface area contributed by atoms with E-state index in [1.165, 1.54) is 4.31 Å². The van der Waals surface area contributed by atoms with Crippen LogP contribution in [0.2, 0.25) is 0 Å². The second kappa shape index (κ2) is 10.9. The fraction of sp³-hybridized carbons (Fsp3) is 0.522. The summed E-state index contributed by atoms with van der Waals surface area (Å²) < 4.78 is 29.3. The molecule has 0 bridgehead atoms. The van der Waals surface area contributed by atoms with Gasteiger partial charge in [-0.25, -0.2) is 8.42 Å². The lowest BCUT2D eigenvalue weighted by Crippen LogP contribution is -2.50. The first-order chi connectivity index (χ1) is 15.7. The van der Waals surface area contributed by atoms with Gasteiger partial charge in [0, 0.05) is 58.3 Å². The molecule has 33 heavy (non-hydrogen) atoms. The Hall–Kier alpha value is -2.72. The van der Waals surface area contributed by atoms with Gasteiger partial charge in [0.25, 0.3) is 0 Å². The van der Waals surface area contributed by atoms with E-state index >= 15 is 0 Å². The molecule has 0 atom stereocenters. The van der Waals surface area contributed by atoms with Crippen molar-refractivity contribution in [1.29, 1.82) is 0 Å². The minimum Gasteiger partial charge on any atom is -0.356 e. The number of carbonyl (C=O) groups is 2. The summed E-state index contributed by atoms with van der Waals surface area (Å²) in [5, 5.41) is 7.04. The second-order valence-electron chi connectivity index (χ2n) is 8.54. The molecule has 0 aliphatic carbocycles. The molecule has 2 heterocycles. The van der Waals surface area contributed by atoms with Gasteiger partial charge in [0.1, 0.15) is 0 Å². The number of rotatable bonds is 9. The van der Waals surface area contributed by atoms with Crippen LogP contribution in [0, 0.1) is 20.8 Å². The maximum Gasteiger partial charge on any atom is 0.243 e. The number of hydrogen-bond donors (Lipinski definition) is 1. The monoisotopic (exact) mass is 475 g/mol. The van der Waals surface area contributed by atoms with E-state index in [4.69, 9.17) is 0 Å². The molecule has 180 valence electrons. The molecule has 1 fully saturated rings. The third-order valence-electron chi connectivity index (χ3n) is 5.77. The molecule has 0 spiro atoms. The number of benzene rings is 1. The van der Waals surface area contributed by atoms with Gasteiger partial charge in [0.2, 0.25) is 21.8 Å². The lowest BCUT2D eigenvalue weighted by molar-refractivity contribution is -0.134. The van der Waals surface area contributed by atoms with Gasteiger partial charge >= 0.3 is 0 Å². The van der Waals surface area contributed by atoms with Crippen molar-refractivity contribution in [2.45, 2.75) is 51.5 Å². The minimum atomic E-state index is -3.60. The molecule has 0 saturated carbocycles. The Morgan fingerprint density at radius 2 is 1.76 bits per heavy atom. The van der Waals surface area contributed by atoms with Gasteiger partial charge in [-0.15, -0.1) is 0 Å². The van der Waals surface area contributed by atoms with E-state index in [9.17, 15) is 18.0 Å². The average Bonchev–Trinajstić information content (AvgIpc) is 3.21. The average molecular weight is 476 g/mol. The Morgan fingerprint density at radius 1 is 1.03 bits per heavy atom. The molecule has 1 N–H and O–H groups in total. The van der Waals surface area contributed by atoms with Gasteiger partial charge in [0.05, 0.1) is 11.1 Å². The van der Waals surface area contributed by atoms with E-state index in [2.05, 4.69) is 10.4 Å². The van der Waals surface area contributed by atoms with Gasteiger partial charge in [0.15, 0.2) is 0 Å². The van der Waals surface area contributed by atoms with Gasteiger partial charge in [-0.05, 0) is 49.9 Å². The first-order valence-corrected chi connectivity index (χ1v) is 12.7. The van der Waals surface area contributed by atoms with E-state index in [-0.39, 0.29) is 37.7 Å². The van der Waals surface area contributed by atoms with Crippen molar-refractivity contribution < 1.29 is 18.0 Å². The lowest BCUT2D eigenvalue weighted by atomic mass is 10.2. The number of sulfonamides is 1. The van der Waals surface area contributed by atoms with Crippen LogP contribution < -0.4 is 5.32 Å². The Labute approximate surface area is 195 Å². The van der Waals surface area contributed by atoms with E-state index in [0.717, 1.165) is 24.1 Å². The van der Waals surface area contributed by atoms with Crippen LogP contribution in [0.5, 0.6) is 0 Å². The summed E-state index contributed by atoms with van der Waals surface area (Å²) >= 11 is 0. The minimum absolute atomic E-state index is 0.119. The van der Waals surface area contributed by atoms with Crippen molar-refractivity contribution in [3.05, 3.63) is 47.3 Å². The van der Waals surface area contributed by atoms with Crippen LogP contribution in [0.3, 0.4) is 0 Å². The van der Waals surface area contributed by atoms with E-state index < -0.39 is 10.0 Å². The summed E-state index contributed by atoms with van der Waals surface area (Å²) in [5.41, 5.74) is 2.70. The molecule has 0 unspecified atom stereocenters. The van der Waals surface area contributed by atoms with Gasteiger partial charge in [-0.1, -0.05) is 12.1 Å². The lowest BCUT2D eigenvalue weighted by Gasteiger charge is -2.34. The third-order valence-corrected chi connectivity index (χ3v) is 7.81. The Kier molecular flexibility index (Phi) is 8.25. The van der Waals surface area contributed by atoms with Crippen LogP contribution in [-0.4, -0.2) is 71.9 Å². The van der Waals surface area contributed by atoms with E-state index in [0.29, 0.717) is 30.1 Å². The van der Waals surface area contributed by atoms with Crippen molar-refractivity contribution in [3.63, 3.8) is 0 Å². The Morgan fingerprint density at radius 3 is 2.42 bits per heavy atom. The van der Waals surface area contributed by atoms with Gasteiger partial charge in [-0.2, -0.15) is 9.40 Å². The van der Waals surface area contributed by atoms with E-state index in [1.54, 1.807) is 24.1 Å². The molecule has 1 aliphatic heterocycles.